The maximum Gasteiger partial charge on any atom is 0.276 e. The molecule has 1 aromatic heterocycles. The molecule has 3 aromatic rings. The molecular formula is C19H17N5O3S. The second kappa shape index (κ2) is 8.87. The number of aromatic amines is 1. The van der Waals surface area contributed by atoms with Crippen LogP contribution in [0.1, 0.15) is 12.5 Å². The summed E-state index contributed by atoms with van der Waals surface area (Å²) < 4.78 is 7.25. The molecule has 8 nitrogen and oxygen atoms in total. The molecule has 0 aliphatic rings. The first-order valence-corrected chi connectivity index (χ1v) is 8.86. The Morgan fingerprint density at radius 3 is 2.75 bits per heavy atom. The number of hydrogen-bond donors (Lipinski definition) is 1. The number of para-hydroxylation sites is 1. The molecule has 142 valence electrons. The minimum absolute atomic E-state index is 0.0298. The molecule has 0 atom stereocenters. The molecule has 0 saturated heterocycles. The largest absolute Gasteiger partial charge is 0.494 e. The standard InChI is InChI=1S/C19H17N5O3S/c1-2-27-16-11-9-15(10-12-16)18-21-22-19(28)23(18)20-13-5-7-14-6-3-4-8-17(14)24(25)26/h3-13H,2H2,1H3,(H,22,28)/b7-5+,20-13+. The molecule has 3 rings (SSSR count). The van der Waals surface area contributed by atoms with Crippen LogP contribution in [0.5, 0.6) is 5.75 Å². The third kappa shape index (κ3) is 4.38. The average molecular weight is 395 g/mol. The van der Waals surface area contributed by atoms with Gasteiger partial charge in [-0.05, 0) is 61.6 Å². The van der Waals surface area contributed by atoms with E-state index in [1.54, 1.807) is 30.4 Å². The van der Waals surface area contributed by atoms with Gasteiger partial charge in [0, 0.05) is 17.8 Å². The summed E-state index contributed by atoms with van der Waals surface area (Å²) in [4.78, 5) is 10.6. The number of benzene rings is 2. The van der Waals surface area contributed by atoms with Crippen molar-refractivity contribution in [2.24, 2.45) is 5.10 Å². The predicted molar refractivity (Wildman–Crippen MR) is 110 cm³/mol. The normalized spacial score (nSPS) is 11.3. The molecule has 0 spiro atoms. The minimum Gasteiger partial charge on any atom is -0.494 e. The highest BCUT2D eigenvalue weighted by molar-refractivity contribution is 7.71. The van der Waals surface area contributed by atoms with Crippen LogP contribution in [0, 0.1) is 14.9 Å². The molecule has 1 heterocycles. The fraction of sp³-hybridized carbons (Fsp3) is 0.105. The van der Waals surface area contributed by atoms with Gasteiger partial charge in [-0.25, -0.2) is 5.10 Å². The fourth-order valence-electron chi connectivity index (χ4n) is 2.50. The Morgan fingerprint density at radius 1 is 1.29 bits per heavy atom. The van der Waals surface area contributed by atoms with Gasteiger partial charge in [-0.2, -0.15) is 14.9 Å². The van der Waals surface area contributed by atoms with Gasteiger partial charge in [0.05, 0.1) is 17.1 Å². The van der Waals surface area contributed by atoms with Crippen molar-refractivity contribution in [2.45, 2.75) is 6.92 Å². The lowest BCUT2D eigenvalue weighted by atomic mass is 10.2. The fourth-order valence-corrected chi connectivity index (χ4v) is 2.68. The first kappa shape index (κ1) is 19.2. The first-order valence-electron chi connectivity index (χ1n) is 8.45. The maximum atomic E-state index is 11.1. The van der Waals surface area contributed by atoms with E-state index in [2.05, 4.69) is 15.3 Å². The molecular weight excluding hydrogens is 378 g/mol. The van der Waals surface area contributed by atoms with Crippen molar-refractivity contribution in [2.75, 3.05) is 6.61 Å². The van der Waals surface area contributed by atoms with Crippen molar-refractivity contribution in [3.8, 4) is 17.1 Å². The van der Waals surface area contributed by atoms with Crippen molar-refractivity contribution in [1.29, 1.82) is 0 Å². The summed E-state index contributed by atoms with van der Waals surface area (Å²) in [6.07, 6.45) is 4.72. The Balaban J connectivity index is 1.83. The van der Waals surface area contributed by atoms with E-state index in [1.807, 2.05) is 31.2 Å². The van der Waals surface area contributed by atoms with E-state index in [9.17, 15) is 10.1 Å². The summed E-state index contributed by atoms with van der Waals surface area (Å²) in [5, 5.41) is 22.3. The summed E-state index contributed by atoms with van der Waals surface area (Å²) in [5.41, 5.74) is 1.33. The number of nitro benzene ring substituents is 1. The number of H-pyrrole nitrogens is 1. The number of nitro groups is 1. The monoisotopic (exact) mass is 395 g/mol. The molecule has 0 unspecified atom stereocenters. The molecule has 0 bridgehead atoms. The Morgan fingerprint density at radius 2 is 2.04 bits per heavy atom. The van der Waals surface area contributed by atoms with E-state index in [-0.39, 0.29) is 5.69 Å². The number of allylic oxidation sites excluding steroid dienone is 1. The van der Waals surface area contributed by atoms with E-state index >= 15 is 0 Å². The van der Waals surface area contributed by atoms with Crippen molar-refractivity contribution in [3.63, 3.8) is 0 Å². The van der Waals surface area contributed by atoms with Crippen LogP contribution in [0.25, 0.3) is 17.5 Å². The van der Waals surface area contributed by atoms with Gasteiger partial charge < -0.3 is 4.74 Å². The molecule has 0 amide bonds. The number of rotatable bonds is 7. The lowest BCUT2D eigenvalue weighted by Crippen LogP contribution is -1.95. The lowest BCUT2D eigenvalue weighted by Gasteiger charge is -2.04. The predicted octanol–water partition coefficient (Wildman–Crippen LogP) is 4.46. The van der Waals surface area contributed by atoms with Crippen LogP contribution in [-0.2, 0) is 0 Å². The number of aromatic nitrogens is 3. The second-order valence-corrected chi connectivity index (χ2v) is 5.95. The second-order valence-electron chi connectivity index (χ2n) is 5.56. The van der Waals surface area contributed by atoms with Gasteiger partial charge in [0.15, 0.2) is 5.82 Å². The molecule has 0 saturated carbocycles. The van der Waals surface area contributed by atoms with Gasteiger partial charge >= 0.3 is 0 Å². The summed E-state index contributed by atoms with van der Waals surface area (Å²) >= 11 is 5.23. The molecule has 0 radical (unpaired) electrons. The zero-order valence-electron chi connectivity index (χ0n) is 15.0. The Labute approximate surface area is 165 Å². The Hall–Kier alpha value is -3.59. The lowest BCUT2D eigenvalue weighted by molar-refractivity contribution is -0.385. The van der Waals surface area contributed by atoms with E-state index in [0.717, 1.165) is 11.3 Å². The molecule has 28 heavy (non-hydrogen) atoms. The SMILES string of the molecule is CCOc1ccc(-c2n[nH]c(=S)n2/N=C/C=C/c2ccccc2[N+](=O)[O-])cc1. The van der Waals surface area contributed by atoms with Crippen molar-refractivity contribution in [3.05, 3.63) is 75.1 Å². The van der Waals surface area contributed by atoms with E-state index in [0.29, 0.717) is 22.8 Å². The van der Waals surface area contributed by atoms with Crippen LogP contribution in [0.15, 0.2) is 59.7 Å². The minimum atomic E-state index is -0.424. The summed E-state index contributed by atoms with van der Waals surface area (Å²) in [5.74, 6) is 1.31. The van der Waals surface area contributed by atoms with Gasteiger partial charge in [0.2, 0.25) is 4.77 Å². The molecule has 1 N–H and O–H groups in total. The Kier molecular flexibility index (Phi) is 6.07. The van der Waals surface area contributed by atoms with Gasteiger partial charge in [-0.15, -0.1) is 0 Å². The zero-order chi connectivity index (χ0) is 19.9. The molecule has 0 aliphatic carbocycles. The van der Waals surface area contributed by atoms with Crippen LogP contribution in [0.4, 0.5) is 5.69 Å². The van der Waals surface area contributed by atoms with Crippen LogP contribution in [0.2, 0.25) is 0 Å². The molecule has 0 aliphatic heterocycles. The smallest absolute Gasteiger partial charge is 0.276 e. The van der Waals surface area contributed by atoms with E-state index in [4.69, 9.17) is 17.0 Å². The van der Waals surface area contributed by atoms with Gasteiger partial charge in [0.1, 0.15) is 5.75 Å². The highest BCUT2D eigenvalue weighted by atomic mass is 32.1. The third-order valence-electron chi connectivity index (χ3n) is 3.75. The highest BCUT2D eigenvalue weighted by Gasteiger charge is 2.09. The van der Waals surface area contributed by atoms with E-state index in [1.165, 1.54) is 17.0 Å². The van der Waals surface area contributed by atoms with Crippen LogP contribution in [0.3, 0.4) is 0 Å². The van der Waals surface area contributed by atoms with Crippen molar-refractivity contribution in [1.82, 2.24) is 14.9 Å². The summed E-state index contributed by atoms with van der Waals surface area (Å²) in [6, 6.07) is 13.9. The third-order valence-corrected chi connectivity index (χ3v) is 4.02. The number of nitrogens with zero attached hydrogens (tertiary/aromatic N) is 4. The molecule has 2 aromatic carbocycles. The van der Waals surface area contributed by atoms with Crippen LogP contribution in [-0.4, -0.2) is 32.6 Å². The van der Waals surface area contributed by atoms with Crippen molar-refractivity contribution < 1.29 is 9.66 Å². The Bertz CT molecular complexity index is 1080. The first-order chi connectivity index (χ1) is 13.6. The number of nitrogens with one attached hydrogen (secondary N) is 1. The number of ether oxygens (including phenoxy) is 1. The van der Waals surface area contributed by atoms with Crippen molar-refractivity contribution >= 4 is 30.2 Å². The molecule has 0 fully saturated rings. The topological polar surface area (TPSA) is 98.3 Å². The zero-order valence-corrected chi connectivity index (χ0v) is 15.8. The highest BCUT2D eigenvalue weighted by Crippen LogP contribution is 2.21. The van der Waals surface area contributed by atoms with Gasteiger partial charge in [-0.3, -0.25) is 10.1 Å². The summed E-state index contributed by atoms with van der Waals surface area (Å²) in [6.45, 7) is 2.51. The number of hydrogen-bond acceptors (Lipinski definition) is 6. The maximum absolute atomic E-state index is 11.1. The van der Waals surface area contributed by atoms with Crippen LogP contribution < -0.4 is 4.74 Å². The summed E-state index contributed by atoms with van der Waals surface area (Å²) in [7, 11) is 0. The average Bonchev–Trinajstić information content (AvgIpc) is 3.07. The quantitative estimate of drug-likeness (QED) is 0.276. The molecule has 9 heteroatoms. The van der Waals surface area contributed by atoms with Gasteiger partial charge in [0.25, 0.3) is 5.69 Å². The van der Waals surface area contributed by atoms with Gasteiger partial charge in [-0.1, -0.05) is 12.1 Å². The van der Waals surface area contributed by atoms with Crippen LogP contribution >= 0.6 is 12.2 Å². The van der Waals surface area contributed by atoms with E-state index < -0.39 is 4.92 Å².